The van der Waals surface area contributed by atoms with Crippen LogP contribution in [-0.4, -0.2) is 48.8 Å². The van der Waals surface area contributed by atoms with Crippen molar-refractivity contribution >= 4 is 5.97 Å². The summed E-state index contributed by atoms with van der Waals surface area (Å²) in [5, 5.41) is 9.23. The highest BCUT2D eigenvalue weighted by atomic mass is 16.5. The number of likely N-dealkylation sites (N-methyl/N-ethyl adjacent to an activating group) is 1. The van der Waals surface area contributed by atoms with Crippen molar-refractivity contribution < 1.29 is 14.6 Å². The van der Waals surface area contributed by atoms with Gasteiger partial charge in [-0.3, -0.25) is 0 Å². The van der Waals surface area contributed by atoms with E-state index < -0.39 is 12.1 Å². The molecule has 0 rings (SSSR count). The predicted molar refractivity (Wildman–Crippen MR) is 45.8 cm³/mol. The van der Waals surface area contributed by atoms with E-state index in [4.69, 9.17) is 0 Å². The zero-order valence-electron chi connectivity index (χ0n) is 7.91. The molecule has 0 aliphatic rings. The summed E-state index contributed by atoms with van der Waals surface area (Å²) >= 11 is 0. The van der Waals surface area contributed by atoms with E-state index in [1.807, 2.05) is 18.7 Å². The van der Waals surface area contributed by atoms with Crippen LogP contribution in [0.25, 0.3) is 0 Å². The Bertz CT molecular complexity index is 134. The fourth-order valence-corrected chi connectivity index (χ4v) is 0.937. The third kappa shape index (κ3) is 3.69. The number of esters is 1. The Morgan fingerprint density at radius 3 is 2.33 bits per heavy atom. The van der Waals surface area contributed by atoms with Crippen molar-refractivity contribution in [3.05, 3.63) is 0 Å². The lowest BCUT2D eigenvalue weighted by molar-refractivity contribution is -0.151. The fourth-order valence-electron chi connectivity index (χ4n) is 0.937. The van der Waals surface area contributed by atoms with Gasteiger partial charge in [-0.2, -0.15) is 0 Å². The number of nitrogens with zero attached hydrogens (tertiary/aromatic N) is 1. The van der Waals surface area contributed by atoms with Gasteiger partial charge < -0.3 is 14.7 Å². The van der Waals surface area contributed by atoms with E-state index in [1.54, 1.807) is 0 Å². The molecule has 1 atom stereocenters. The van der Waals surface area contributed by atoms with Gasteiger partial charge in [0.2, 0.25) is 0 Å². The maximum Gasteiger partial charge on any atom is 0.336 e. The van der Waals surface area contributed by atoms with Gasteiger partial charge in [0.1, 0.15) is 0 Å². The van der Waals surface area contributed by atoms with E-state index >= 15 is 0 Å². The summed E-state index contributed by atoms with van der Waals surface area (Å²) in [7, 11) is 1.27. The highest BCUT2D eigenvalue weighted by Crippen LogP contribution is 1.93. The van der Waals surface area contributed by atoms with Gasteiger partial charge in [-0.05, 0) is 13.1 Å². The molecule has 1 unspecified atom stereocenters. The Labute approximate surface area is 73.1 Å². The van der Waals surface area contributed by atoms with E-state index in [0.29, 0.717) is 6.54 Å². The minimum absolute atomic E-state index is 0.347. The van der Waals surface area contributed by atoms with Crippen molar-refractivity contribution in [3.8, 4) is 0 Å². The molecule has 0 aromatic rings. The molecule has 0 saturated heterocycles. The molecule has 0 radical (unpaired) electrons. The fraction of sp³-hybridized carbons (Fsp3) is 0.875. The summed E-state index contributed by atoms with van der Waals surface area (Å²) in [4.78, 5) is 12.7. The number of hydrogen-bond acceptors (Lipinski definition) is 4. The number of aliphatic hydroxyl groups is 1. The second-order valence-electron chi connectivity index (χ2n) is 2.52. The first-order valence-corrected chi connectivity index (χ1v) is 4.13. The second-order valence-corrected chi connectivity index (χ2v) is 2.52. The van der Waals surface area contributed by atoms with E-state index in [-0.39, 0.29) is 0 Å². The summed E-state index contributed by atoms with van der Waals surface area (Å²) < 4.78 is 4.39. The molecule has 0 amide bonds. The third-order valence-electron chi connectivity index (χ3n) is 1.80. The summed E-state index contributed by atoms with van der Waals surface area (Å²) in [6.07, 6.45) is -1.02. The Balaban J connectivity index is 3.80. The molecule has 0 fully saturated rings. The Morgan fingerprint density at radius 2 is 2.00 bits per heavy atom. The minimum atomic E-state index is -1.02. The van der Waals surface area contributed by atoms with E-state index in [1.165, 1.54) is 7.11 Å². The Hall–Kier alpha value is -0.610. The normalized spacial score (nSPS) is 13.1. The van der Waals surface area contributed by atoms with Gasteiger partial charge >= 0.3 is 5.97 Å². The minimum Gasteiger partial charge on any atom is -0.467 e. The van der Waals surface area contributed by atoms with Gasteiger partial charge in [-0.25, -0.2) is 4.79 Å². The van der Waals surface area contributed by atoms with Crippen molar-refractivity contribution in [2.24, 2.45) is 0 Å². The highest BCUT2D eigenvalue weighted by molar-refractivity contribution is 5.74. The van der Waals surface area contributed by atoms with Gasteiger partial charge in [0, 0.05) is 6.54 Å². The molecular formula is C8H17NO3. The molecule has 1 N–H and O–H groups in total. The molecule has 0 aliphatic heterocycles. The average Bonchev–Trinajstić information content (AvgIpc) is 2.12. The first-order chi connectivity index (χ1) is 5.65. The summed E-state index contributed by atoms with van der Waals surface area (Å²) in [5.74, 6) is -0.568. The number of aliphatic hydroxyl groups excluding tert-OH is 1. The lowest BCUT2D eigenvalue weighted by atomic mass is 10.3. The van der Waals surface area contributed by atoms with Crippen LogP contribution in [0.2, 0.25) is 0 Å². The summed E-state index contributed by atoms with van der Waals surface area (Å²) in [6.45, 7) is 5.95. The van der Waals surface area contributed by atoms with Crippen molar-refractivity contribution in [3.63, 3.8) is 0 Å². The first kappa shape index (κ1) is 11.4. The number of methoxy groups -OCH3 is 1. The van der Waals surface area contributed by atoms with Crippen LogP contribution in [-0.2, 0) is 9.53 Å². The molecule has 0 heterocycles. The van der Waals surface area contributed by atoms with E-state index in [9.17, 15) is 9.90 Å². The standard InChI is InChI=1S/C8H17NO3/c1-4-9(5-2)6-7(10)8(11)12-3/h7,10H,4-6H2,1-3H3. The van der Waals surface area contributed by atoms with Crippen molar-refractivity contribution in [1.82, 2.24) is 4.90 Å². The van der Waals surface area contributed by atoms with Crippen LogP contribution in [0.3, 0.4) is 0 Å². The highest BCUT2D eigenvalue weighted by Gasteiger charge is 2.17. The first-order valence-electron chi connectivity index (χ1n) is 4.13. The summed E-state index contributed by atoms with van der Waals surface area (Å²) in [6, 6.07) is 0. The van der Waals surface area contributed by atoms with E-state index in [2.05, 4.69) is 4.74 Å². The third-order valence-corrected chi connectivity index (χ3v) is 1.80. The average molecular weight is 175 g/mol. The molecule has 12 heavy (non-hydrogen) atoms. The summed E-state index contributed by atoms with van der Waals surface area (Å²) in [5.41, 5.74) is 0. The number of carbonyl (C=O) groups is 1. The van der Waals surface area contributed by atoms with Crippen LogP contribution < -0.4 is 0 Å². The molecule has 4 nitrogen and oxygen atoms in total. The van der Waals surface area contributed by atoms with E-state index in [0.717, 1.165) is 13.1 Å². The molecule has 0 saturated carbocycles. The smallest absolute Gasteiger partial charge is 0.336 e. The Morgan fingerprint density at radius 1 is 1.50 bits per heavy atom. The molecule has 0 aliphatic carbocycles. The van der Waals surface area contributed by atoms with Crippen LogP contribution in [0.5, 0.6) is 0 Å². The maximum atomic E-state index is 10.8. The lowest BCUT2D eigenvalue weighted by Gasteiger charge is -2.20. The zero-order chi connectivity index (χ0) is 9.56. The second kappa shape index (κ2) is 5.97. The number of rotatable bonds is 5. The molecule has 0 spiro atoms. The number of hydrogen-bond donors (Lipinski definition) is 1. The monoisotopic (exact) mass is 175 g/mol. The van der Waals surface area contributed by atoms with Gasteiger partial charge in [0.05, 0.1) is 7.11 Å². The van der Waals surface area contributed by atoms with Crippen LogP contribution in [0.1, 0.15) is 13.8 Å². The quantitative estimate of drug-likeness (QED) is 0.591. The van der Waals surface area contributed by atoms with Crippen LogP contribution in [0.15, 0.2) is 0 Å². The molecule has 0 aromatic heterocycles. The zero-order valence-corrected chi connectivity index (χ0v) is 7.91. The topological polar surface area (TPSA) is 49.8 Å². The molecule has 72 valence electrons. The van der Waals surface area contributed by atoms with Crippen molar-refractivity contribution in [1.29, 1.82) is 0 Å². The van der Waals surface area contributed by atoms with Gasteiger partial charge in [0.25, 0.3) is 0 Å². The maximum absolute atomic E-state index is 10.8. The molecule has 0 bridgehead atoms. The molecular weight excluding hydrogens is 158 g/mol. The molecule has 0 aromatic carbocycles. The number of carbonyl (C=O) groups excluding carboxylic acids is 1. The van der Waals surface area contributed by atoms with Crippen LogP contribution >= 0.6 is 0 Å². The van der Waals surface area contributed by atoms with Crippen LogP contribution in [0.4, 0.5) is 0 Å². The van der Waals surface area contributed by atoms with Gasteiger partial charge in [-0.1, -0.05) is 13.8 Å². The number of ether oxygens (including phenoxy) is 1. The van der Waals surface area contributed by atoms with Crippen molar-refractivity contribution in [2.75, 3.05) is 26.7 Å². The largest absolute Gasteiger partial charge is 0.467 e. The van der Waals surface area contributed by atoms with Gasteiger partial charge in [0.15, 0.2) is 6.10 Å². The lowest BCUT2D eigenvalue weighted by Crippen LogP contribution is -2.37. The predicted octanol–water partition coefficient (Wildman–Crippen LogP) is -0.138. The van der Waals surface area contributed by atoms with Crippen molar-refractivity contribution in [2.45, 2.75) is 20.0 Å². The van der Waals surface area contributed by atoms with Gasteiger partial charge in [-0.15, -0.1) is 0 Å². The Kier molecular flexibility index (Phi) is 5.66. The van der Waals surface area contributed by atoms with Crippen LogP contribution in [0, 0.1) is 0 Å². The SMILES string of the molecule is CCN(CC)CC(O)C(=O)OC. The molecule has 4 heteroatoms.